The molecule has 2 saturated carbocycles. The van der Waals surface area contributed by atoms with Crippen LogP contribution in [0.25, 0.3) is 0 Å². The molecule has 0 aromatic heterocycles. The van der Waals surface area contributed by atoms with Gasteiger partial charge in [-0.15, -0.1) is 23.5 Å². The highest BCUT2D eigenvalue weighted by Gasteiger charge is 2.65. The second kappa shape index (κ2) is 1.99. The van der Waals surface area contributed by atoms with Crippen LogP contribution in [0.3, 0.4) is 0 Å². The van der Waals surface area contributed by atoms with Gasteiger partial charge in [-0.05, 0) is 18.3 Å². The molecule has 0 radical (unpaired) electrons. The first-order valence-electron chi connectivity index (χ1n) is 4.14. The Hall–Kier alpha value is 0.370. The van der Waals surface area contributed by atoms with E-state index < -0.39 is 0 Å². The topological polar surface area (TPSA) is 17.1 Å². The zero-order valence-corrected chi connectivity index (χ0v) is 7.84. The van der Waals surface area contributed by atoms with E-state index in [2.05, 4.69) is 0 Å². The highest BCUT2D eigenvalue weighted by Crippen LogP contribution is 2.67. The molecule has 1 aliphatic heterocycles. The molecular weight excluding hydrogens is 176 g/mol. The van der Waals surface area contributed by atoms with Crippen LogP contribution < -0.4 is 0 Å². The number of hydrogen-bond acceptors (Lipinski definition) is 3. The van der Waals surface area contributed by atoms with Crippen LogP contribution in [0.5, 0.6) is 0 Å². The van der Waals surface area contributed by atoms with Crippen LogP contribution in [0.15, 0.2) is 0 Å². The van der Waals surface area contributed by atoms with Crippen LogP contribution in [0, 0.1) is 11.8 Å². The number of ketones is 1. The summed E-state index contributed by atoms with van der Waals surface area (Å²) in [7, 11) is 0. The van der Waals surface area contributed by atoms with E-state index in [1.807, 2.05) is 23.5 Å². The molecule has 1 nitrogen and oxygen atoms in total. The maximum atomic E-state index is 11.6. The van der Waals surface area contributed by atoms with Crippen molar-refractivity contribution in [3.63, 3.8) is 0 Å². The predicted octanol–water partition coefficient (Wildman–Crippen LogP) is 1.77. The molecule has 1 heterocycles. The normalized spacial score (nSPS) is 44.9. The zero-order chi connectivity index (χ0) is 7.47. The summed E-state index contributed by atoms with van der Waals surface area (Å²) >= 11 is 3.85. The Bertz CT molecular complexity index is 220. The molecule has 0 aromatic rings. The van der Waals surface area contributed by atoms with Crippen molar-refractivity contribution in [1.82, 2.24) is 0 Å². The molecule has 0 bridgehead atoms. The molecule has 0 N–H and O–H groups in total. The van der Waals surface area contributed by atoms with Crippen molar-refractivity contribution in [1.29, 1.82) is 0 Å². The van der Waals surface area contributed by atoms with E-state index in [9.17, 15) is 4.79 Å². The first kappa shape index (κ1) is 6.84. The van der Waals surface area contributed by atoms with Gasteiger partial charge >= 0.3 is 0 Å². The third-order valence-electron chi connectivity index (χ3n) is 2.96. The van der Waals surface area contributed by atoms with Gasteiger partial charge < -0.3 is 0 Å². The molecule has 2 aliphatic carbocycles. The Balaban J connectivity index is 1.98. The van der Waals surface area contributed by atoms with Gasteiger partial charge in [0.15, 0.2) is 5.78 Å². The Morgan fingerprint density at radius 3 is 2.64 bits per heavy atom. The minimum absolute atomic E-state index is 0.0741. The summed E-state index contributed by atoms with van der Waals surface area (Å²) in [5, 5.41) is 0. The van der Waals surface area contributed by atoms with E-state index in [0.717, 1.165) is 18.3 Å². The quantitative estimate of drug-likeness (QED) is 0.574. The maximum absolute atomic E-state index is 11.6. The molecule has 0 amide bonds. The Morgan fingerprint density at radius 1 is 1.36 bits per heavy atom. The summed E-state index contributed by atoms with van der Waals surface area (Å²) in [5.41, 5.74) is 0. The molecule has 2 unspecified atom stereocenters. The van der Waals surface area contributed by atoms with E-state index in [1.54, 1.807) is 0 Å². The third-order valence-corrected chi connectivity index (χ3v) is 6.66. The van der Waals surface area contributed by atoms with E-state index in [-0.39, 0.29) is 4.08 Å². The van der Waals surface area contributed by atoms with Gasteiger partial charge in [0.05, 0.1) is 0 Å². The largest absolute Gasteiger partial charge is 0.297 e. The van der Waals surface area contributed by atoms with Crippen molar-refractivity contribution in [2.45, 2.75) is 16.9 Å². The predicted molar refractivity (Wildman–Crippen MR) is 48.9 cm³/mol. The molecule has 1 spiro atoms. The van der Waals surface area contributed by atoms with Crippen LogP contribution in [0.4, 0.5) is 0 Å². The number of fused-ring (bicyclic) bond motifs is 2. The summed E-state index contributed by atoms with van der Waals surface area (Å²) in [4.78, 5) is 11.6. The zero-order valence-electron chi connectivity index (χ0n) is 6.21. The minimum atomic E-state index is 0.0741. The number of rotatable bonds is 0. The summed E-state index contributed by atoms with van der Waals surface area (Å²) in [6, 6.07) is 0. The lowest BCUT2D eigenvalue weighted by Gasteiger charge is -2.20. The summed E-state index contributed by atoms with van der Waals surface area (Å²) in [5.74, 6) is 4.50. The fourth-order valence-corrected chi connectivity index (χ4v) is 5.93. The third kappa shape index (κ3) is 0.738. The van der Waals surface area contributed by atoms with Crippen molar-refractivity contribution in [3.8, 4) is 0 Å². The van der Waals surface area contributed by atoms with Crippen molar-refractivity contribution >= 4 is 29.3 Å². The molecule has 3 rings (SSSR count). The lowest BCUT2D eigenvalue weighted by molar-refractivity contribution is -0.118. The average molecular weight is 186 g/mol. The van der Waals surface area contributed by atoms with Gasteiger partial charge in [0, 0.05) is 17.9 Å². The van der Waals surface area contributed by atoms with Crippen LogP contribution >= 0.6 is 23.5 Å². The number of thioether (sulfide) groups is 2. The second-order valence-electron chi connectivity index (χ2n) is 3.59. The van der Waals surface area contributed by atoms with Gasteiger partial charge in [-0.2, -0.15) is 0 Å². The molecule has 3 heteroatoms. The first-order chi connectivity index (χ1) is 5.33. The van der Waals surface area contributed by atoms with Crippen LogP contribution in [0.1, 0.15) is 12.8 Å². The van der Waals surface area contributed by atoms with Gasteiger partial charge in [0.25, 0.3) is 0 Å². The monoisotopic (exact) mass is 186 g/mol. The molecular formula is C8H10OS2. The van der Waals surface area contributed by atoms with Crippen molar-refractivity contribution < 1.29 is 4.79 Å². The summed E-state index contributed by atoms with van der Waals surface area (Å²) in [6.07, 6.45) is 2.23. The molecule has 2 atom stereocenters. The van der Waals surface area contributed by atoms with E-state index in [0.29, 0.717) is 5.78 Å². The standard InChI is InChI=1S/C8H10OS2/c9-7-4-5-3-6(5)8(7)10-1-2-11-8/h5-6H,1-4H2. The Morgan fingerprint density at radius 2 is 2.09 bits per heavy atom. The van der Waals surface area contributed by atoms with Gasteiger partial charge in [-0.25, -0.2) is 0 Å². The van der Waals surface area contributed by atoms with Crippen molar-refractivity contribution in [3.05, 3.63) is 0 Å². The SMILES string of the molecule is O=C1CC2CC2C12SCCS2. The number of Topliss-reactive ketones (excluding diaryl/α,β-unsaturated/α-hetero) is 1. The Labute approximate surface area is 74.7 Å². The van der Waals surface area contributed by atoms with E-state index in [1.165, 1.54) is 17.9 Å². The van der Waals surface area contributed by atoms with E-state index >= 15 is 0 Å². The molecule has 3 fully saturated rings. The molecule has 3 aliphatic rings. The second-order valence-corrected chi connectivity index (χ2v) is 6.53. The molecule has 0 aromatic carbocycles. The number of carbonyl (C=O) groups is 1. The lowest BCUT2D eigenvalue weighted by Crippen LogP contribution is -2.27. The number of hydrogen-bond donors (Lipinski definition) is 0. The van der Waals surface area contributed by atoms with Crippen LogP contribution in [-0.2, 0) is 4.79 Å². The summed E-state index contributed by atoms with van der Waals surface area (Å²) in [6.45, 7) is 0. The molecule has 60 valence electrons. The minimum Gasteiger partial charge on any atom is -0.297 e. The highest BCUT2D eigenvalue weighted by molar-refractivity contribution is 8.22. The number of carbonyl (C=O) groups excluding carboxylic acids is 1. The smallest absolute Gasteiger partial charge is 0.159 e. The summed E-state index contributed by atoms with van der Waals surface area (Å²) < 4.78 is 0.0741. The first-order valence-corrected chi connectivity index (χ1v) is 6.11. The Kier molecular flexibility index (Phi) is 1.24. The highest BCUT2D eigenvalue weighted by atomic mass is 32.2. The van der Waals surface area contributed by atoms with Gasteiger partial charge in [-0.3, -0.25) is 4.79 Å². The van der Waals surface area contributed by atoms with Crippen molar-refractivity contribution in [2.24, 2.45) is 11.8 Å². The molecule has 11 heavy (non-hydrogen) atoms. The maximum Gasteiger partial charge on any atom is 0.159 e. The fourth-order valence-electron chi connectivity index (χ4n) is 2.33. The fraction of sp³-hybridized carbons (Fsp3) is 0.875. The van der Waals surface area contributed by atoms with Crippen LogP contribution in [-0.4, -0.2) is 21.4 Å². The van der Waals surface area contributed by atoms with Gasteiger partial charge in [-0.1, -0.05) is 0 Å². The van der Waals surface area contributed by atoms with Gasteiger partial charge in [0.1, 0.15) is 4.08 Å². The molecule has 1 saturated heterocycles. The average Bonchev–Trinajstić information content (AvgIpc) is 2.55. The van der Waals surface area contributed by atoms with E-state index in [4.69, 9.17) is 0 Å². The van der Waals surface area contributed by atoms with Crippen LogP contribution in [0.2, 0.25) is 0 Å². The lowest BCUT2D eigenvalue weighted by atomic mass is 10.2. The van der Waals surface area contributed by atoms with Gasteiger partial charge in [0.2, 0.25) is 0 Å². The van der Waals surface area contributed by atoms with Crippen molar-refractivity contribution in [2.75, 3.05) is 11.5 Å².